The second-order valence-corrected chi connectivity index (χ2v) is 14.5. The molecule has 0 fully saturated rings. The summed E-state index contributed by atoms with van der Waals surface area (Å²) >= 11 is 0. The minimum Gasteiger partial charge on any atom is -0.309 e. The molecule has 2 aromatic heterocycles. The standard InChI is InChI=1S/C54H36N2/c1-5-13-37(14-6-1)39-21-25-41(26-22-39)43-29-31-49-47(35-43)53-51(55(49)45-17-9-3-10-18-45)33-34-52-54(53)48-36-44(30-32-50(48)56(52)46-19-11-4-12-20-46)42-27-23-40(24-28-42)38-15-7-2-8-16-38/h1-36H. The van der Waals surface area contributed by atoms with Crippen molar-refractivity contribution in [3.8, 4) is 55.9 Å². The summed E-state index contributed by atoms with van der Waals surface area (Å²) in [5, 5.41) is 5.01. The van der Waals surface area contributed by atoms with Crippen LogP contribution in [-0.2, 0) is 0 Å². The van der Waals surface area contributed by atoms with Gasteiger partial charge in [-0.05, 0) is 105 Å². The number of nitrogens with zero attached hydrogens (tertiary/aromatic N) is 2. The van der Waals surface area contributed by atoms with Crippen LogP contribution in [0.4, 0.5) is 0 Å². The van der Waals surface area contributed by atoms with Crippen molar-refractivity contribution in [3.05, 3.63) is 218 Å². The maximum absolute atomic E-state index is 2.43. The summed E-state index contributed by atoms with van der Waals surface area (Å²) in [6.45, 7) is 0. The molecule has 0 radical (unpaired) electrons. The van der Waals surface area contributed by atoms with Gasteiger partial charge in [-0.15, -0.1) is 0 Å². The summed E-state index contributed by atoms with van der Waals surface area (Å²) in [5.74, 6) is 0. The molecule has 0 saturated heterocycles. The molecule has 2 heterocycles. The van der Waals surface area contributed by atoms with Gasteiger partial charge in [0.15, 0.2) is 0 Å². The first kappa shape index (κ1) is 32.0. The molecule has 262 valence electrons. The number of rotatable bonds is 6. The Morgan fingerprint density at radius 3 is 0.839 bits per heavy atom. The molecule has 9 aromatic carbocycles. The molecule has 0 N–H and O–H groups in total. The molecule has 0 bridgehead atoms. The average Bonchev–Trinajstić information content (AvgIpc) is 3.79. The van der Waals surface area contributed by atoms with Gasteiger partial charge < -0.3 is 9.13 Å². The SMILES string of the molecule is c1ccc(-c2ccc(-c3ccc4c(c3)c3c5c6cc(-c7ccc(-c8ccccc8)cc7)ccc6n(-c6ccccc6)c5ccc3n4-c3ccccc3)cc2)cc1. The van der Waals surface area contributed by atoms with Gasteiger partial charge in [0.2, 0.25) is 0 Å². The van der Waals surface area contributed by atoms with Crippen LogP contribution in [-0.4, -0.2) is 9.13 Å². The second kappa shape index (κ2) is 13.2. The normalized spacial score (nSPS) is 11.6. The lowest BCUT2D eigenvalue weighted by Gasteiger charge is -2.09. The van der Waals surface area contributed by atoms with E-state index in [0.717, 1.165) is 11.4 Å². The Balaban J connectivity index is 1.18. The highest BCUT2D eigenvalue weighted by atomic mass is 15.0. The van der Waals surface area contributed by atoms with E-state index in [1.54, 1.807) is 0 Å². The van der Waals surface area contributed by atoms with Gasteiger partial charge in [-0.2, -0.15) is 0 Å². The Labute approximate surface area is 325 Å². The number of fused-ring (bicyclic) bond motifs is 7. The summed E-state index contributed by atoms with van der Waals surface area (Å²) in [5.41, 5.74) is 16.8. The molecule has 0 aliphatic rings. The number of hydrogen-bond donors (Lipinski definition) is 0. The van der Waals surface area contributed by atoms with E-state index in [2.05, 4.69) is 228 Å². The number of aromatic nitrogens is 2. The molecule has 0 aliphatic heterocycles. The fraction of sp³-hybridized carbons (Fsp3) is 0. The smallest absolute Gasteiger partial charge is 0.0548 e. The lowest BCUT2D eigenvalue weighted by atomic mass is 9.97. The molecular weight excluding hydrogens is 677 g/mol. The lowest BCUT2D eigenvalue weighted by molar-refractivity contribution is 1.17. The highest BCUT2D eigenvalue weighted by Crippen LogP contribution is 2.44. The molecule has 0 spiro atoms. The molecule has 0 unspecified atom stereocenters. The van der Waals surface area contributed by atoms with Gasteiger partial charge in [-0.25, -0.2) is 0 Å². The first-order valence-electron chi connectivity index (χ1n) is 19.3. The van der Waals surface area contributed by atoms with E-state index in [0.29, 0.717) is 0 Å². The summed E-state index contributed by atoms with van der Waals surface area (Å²) in [6.07, 6.45) is 0. The summed E-state index contributed by atoms with van der Waals surface area (Å²) in [7, 11) is 0. The Bertz CT molecular complexity index is 2960. The molecule has 0 amide bonds. The predicted octanol–water partition coefficient (Wildman–Crippen LogP) is 14.5. The van der Waals surface area contributed by atoms with Crippen molar-refractivity contribution >= 4 is 43.6 Å². The minimum absolute atomic E-state index is 1.15. The van der Waals surface area contributed by atoms with Gasteiger partial charge >= 0.3 is 0 Å². The largest absolute Gasteiger partial charge is 0.309 e. The summed E-state index contributed by atoms with van der Waals surface area (Å²) in [4.78, 5) is 0. The number of para-hydroxylation sites is 2. The highest BCUT2D eigenvalue weighted by Gasteiger charge is 2.21. The van der Waals surface area contributed by atoms with Crippen molar-refractivity contribution in [2.75, 3.05) is 0 Å². The Kier molecular flexibility index (Phi) is 7.53. The molecule has 56 heavy (non-hydrogen) atoms. The van der Waals surface area contributed by atoms with Crippen LogP contribution >= 0.6 is 0 Å². The Hall–Kier alpha value is -7.42. The second-order valence-electron chi connectivity index (χ2n) is 14.5. The van der Waals surface area contributed by atoms with Crippen molar-refractivity contribution in [3.63, 3.8) is 0 Å². The minimum atomic E-state index is 1.15. The monoisotopic (exact) mass is 712 g/mol. The van der Waals surface area contributed by atoms with Crippen LogP contribution in [0.25, 0.3) is 99.5 Å². The van der Waals surface area contributed by atoms with E-state index in [9.17, 15) is 0 Å². The van der Waals surface area contributed by atoms with Crippen molar-refractivity contribution in [2.24, 2.45) is 0 Å². The van der Waals surface area contributed by atoms with Gasteiger partial charge in [0.1, 0.15) is 0 Å². The van der Waals surface area contributed by atoms with Gasteiger partial charge in [-0.3, -0.25) is 0 Å². The molecule has 0 atom stereocenters. The fourth-order valence-corrected chi connectivity index (χ4v) is 8.66. The number of benzene rings is 9. The van der Waals surface area contributed by atoms with Crippen LogP contribution in [0.5, 0.6) is 0 Å². The molecule has 11 aromatic rings. The summed E-state index contributed by atoms with van der Waals surface area (Å²) < 4.78 is 4.87. The van der Waals surface area contributed by atoms with Crippen LogP contribution in [0.2, 0.25) is 0 Å². The molecule has 2 heteroatoms. The maximum atomic E-state index is 2.43. The highest BCUT2D eigenvalue weighted by molar-refractivity contribution is 6.29. The van der Waals surface area contributed by atoms with E-state index >= 15 is 0 Å². The summed E-state index contributed by atoms with van der Waals surface area (Å²) in [6, 6.07) is 79.4. The zero-order chi connectivity index (χ0) is 37.0. The van der Waals surface area contributed by atoms with E-state index in [1.807, 2.05) is 0 Å². The van der Waals surface area contributed by atoms with E-state index in [4.69, 9.17) is 0 Å². The van der Waals surface area contributed by atoms with Crippen molar-refractivity contribution in [1.82, 2.24) is 9.13 Å². The maximum Gasteiger partial charge on any atom is 0.0548 e. The third kappa shape index (κ3) is 5.26. The van der Waals surface area contributed by atoms with Crippen LogP contribution < -0.4 is 0 Å². The van der Waals surface area contributed by atoms with Crippen molar-refractivity contribution in [2.45, 2.75) is 0 Å². The van der Waals surface area contributed by atoms with Crippen LogP contribution in [0.15, 0.2) is 218 Å². The van der Waals surface area contributed by atoms with Gasteiger partial charge in [0.05, 0.1) is 22.1 Å². The van der Waals surface area contributed by atoms with Gasteiger partial charge in [0.25, 0.3) is 0 Å². The zero-order valence-electron chi connectivity index (χ0n) is 30.7. The van der Waals surface area contributed by atoms with Crippen LogP contribution in [0.3, 0.4) is 0 Å². The molecule has 11 rings (SSSR count). The van der Waals surface area contributed by atoms with E-state index in [1.165, 1.54) is 88.1 Å². The van der Waals surface area contributed by atoms with Gasteiger partial charge in [0, 0.05) is 32.9 Å². The topological polar surface area (TPSA) is 9.86 Å². The first-order valence-corrected chi connectivity index (χ1v) is 19.3. The Morgan fingerprint density at radius 2 is 0.482 bits per heavy atom. The zero-order valence-corrected chi connectivity index (χ0v) is 30.7. The van der Waals surface area contributed by atoms with Crippen molar-refractivity contribution < 1.29 is 0 Å². The predicted molar refractivity (Wildman–Crippen MR) is 237 cm³/mol. The third-order valence-corrected chi connectivity index (χ3v) is 11.3. The van der Waals surface area contributed by atoms with Gasteiger partial charge in [-0.1, -0.05) is 158 Å². The van der Waals surface area contributed by atoms with E-state index in [-0.39, 0.29) is 0 Å². The number of hydrogen-bond acceptors (Lipinski definition) is 0. The first-order chi connectivity index (χ1) is 27.8. The molecule has 0 aliphatic carbocycles. The van der Waals surface area contributed by atoms with E-state index < -0.39 is 0 Å². The molecule has 0 saturated carbocycles. The van der Waals surface area contributed by atoms with Crippen molar-refractivity contribution in [1.29, 1.82) is 0 Å². The third-order valence-electron chi connectivity index (χ3n) is 11.3. The molecular formula is C54H36N2. The average molecular weight is 713 g/mol. The fourth-order valence-electron chi connectivity index (χ4n) is 8.66. The quantitative estimate of drug-likeness (QED) is 0.162. The Morgan fingerprint density at radius 1 is 0.214 bits per heavy atom. The lowest BCUT2D eigenvalue weighted by Crippen LogP contribution is -1.94. The van der Waals surface area contributed by atoms with Crippen LogP contribution in [0, 0.1) is 0 Å². The molecule has 2 nitrogen and oxygen atoms in total. The van der Waals surface area contributed by atoms with Crippen LogP contribution in [0.1, 0.15) is 0 Å².